The Bertz CT molecular complexity index is 548. The highest BCUT2D eigenvalue weighted by Gasteiger charge is 2.19. The second-order valence-electron chi connectivity index (χ2n) is 4.01. The van der Waals surface area contributed by atoms with Crippen molar-refractivity contribution in [1.29, 1.82) is 0 Å². The van der Waals surface area contributed by atoms with Crippen LogP contribution in [0.15, 0.2) is 22.9 Å². The number of hydrogen-bond donors (Lipinski definition) is 0. The van der Waals surface area contributed by atoms with Crippen LogP contribution in [0.5, 0.6) is 0 Å². The van der Waals surface area contributed by atoms with Crippen molar-refractivity contribution in [3.63, 3.8) is 0 Å². The minimum absolute atomic E-state index is 0.00241. The van der Waals surface area contributed by atoms with Crippen LogP contribution >= 0.6 is 0 Å². The van der Waals surface area contributed by atoms with E-state index in [0.717, 1.165) is 5.56 Å². The average molecular weight is 231 g/mol. The van der Waals surface area contributed by atoms with E-state index in [1.54, 1.807) is 13.1 Å². The highest BCUT2D eigenvalue weighted by atomic mass is 16.5. The summed E-state index contributed by atoms with van der Waals surface area (Å²) in [7, 11) is 0. The van der Waals surface area contributed by atoms with E-state index in [2.05, 4.69) is 15.1 Å². The van der Waals surface area contributed by atoms with Gasteiger partial charge in [0, 0.05) is 6.20 Å². The molecule has 5 heteroatoms. The highest BCUT2D eigenvalue weighted by Crippen LogP contribution is 2.19. The zero-order valence-corrected chi connectivity index (χ0v) is 9.97. The third-order valence-corrected chi connectivity index (χ3v) is 2.57. The first-order chi connectivity index (χ1) is 8.08. The SMILES string of the molecule is CC(=O)C(C)c1nc(-c2cc(C)ccn2)no1. The third-order valence-electron chi connectivity index (χ3n) is 2.57. The van der Waals surface area contributed by atoms with Crippen LogP contribution in [-0.4, -0.2) is 20.9 Å². The summed E-state index contributed by atoms with van der Waals surface area (Å²) < 4.78 is 5.06. The molecule has 1 unspecified atom stereocenters. The number of Topliss-reactive ketones (excluding diaryl/α,β-unsaturated/α-hetero) is 1. The molecule has 2 aromatic heterocycles. The van der Waals surface area contributed by atoms with E-state index in [9.17, 15) is 4.79 Å². The Balaban J connectivity index is 2.33. The molecule has 0 saturated carbocycles. The monoisotopic (exact) mass is 231 g/mol. The number of pyridine rings is 1. The molecule has 0 spiro atoms. The van der Waals surface area contributed by atoms with E-state index in [0.29, 0.717) is 17.4 Å². The van der Waals surface area contributed by atoms with Crippen LogP contribution in [0.4, 0.5) is 0 Å². The second-order valence-corrected chi connectivity index (χ2v) is 4.01. The topological polar surface area (TPSA) is 68.9 Å². The van der Waals surface area contributed by atoms with Crippen molar-refractivity contribution in [2.45, 2.75) is 26.7 Å². The van der Waals surface area contributed by atoms with E-state index >= 15 is 0 Å². The Morgan fingerprint density at radius 2 is 2.24 bits per heavy atom. The van der Waals surface area contributed by atoms with Gasteiger partial charge in [0.2, 0.25) is 11.7 Å². The first kappa shape index (κ1) is 11.4. The van der Waals surface area contributed by atoms with Crippen LogP contribution in [-0.2, 0) is 4.79 Å². The van der Waals surface area contributed by atoms with Crippen molar-refractivity contribution in [2.75, 3.05) is 0 Å². The maximum atomic E-state index is 11.2. The number of rotatable bonds is 3. The van der Waals surface area contributed by atoms with E-state index in [1.807, 2.05) is 19.1 Å². The predicted octanol–water partition coefficient (Wildman–Crippen LogP) is 2.13. The van der Waals surface area contributed by atoms with Crippen molar-refractivity contribution in [2.24, 2.45) is 0 Å². The van der Waals surface area contributed by atoms with Crippen molar-refractivity contribution in [1.82, 2.24) is 15.1 Å². The van der Waals surface area contributed by atoms with Gasteiger partial charge in [0.25, 0.3) is 0 Å². The van der Waals surface area contributed by atoms with Gasteiger partial charge < -0.3 is 4.52 Å². The molecule has 2 aromatic rings. The van der Waals surface area contributed by atoms with E-state index in [4.69, 9.17) is 4.52 Å². The molecule has 0 fully saturated rings. The van der Waals surface area contributed by atoms with Crippen LogP contribution in [0.3, 0.4) is 0 Å². The largest absolute Gasteiger partial charge is 0.338 e. The van der Waals surface area contributed by atoms with Crippen molar-refractivity contribution in [3.05, 3.63) is 29.8 Å². The first-order valence-corrected chi connectivity index (χ1v) is 5.35. The molecule has 0 amide bonds. The van der Waals surface area contributed by atoms with Crippen LogP contribution in [0.2, 0.25) is 0 Å². The van der Waals surface area contributed by atoms with Gasteiger partial charge in [-0.05, 0) is 38.5 Å². The Morgan fingerprint density at radius 3 is 2.88 bits per heavy atom. The van der Waals surface area contributed by atoms with Crippen LogP contribution in [0, 0.1) is 6.92 Å². The molecule has 0 saturated heterocycles. The number of carbonyl (C=O) groups is 1. The van der Waals surface area contributed by atoms with Crippen molar-refractivity contribution in [3.8, 4) is 11.5 Å². The molecule has 0 N–H and O–H groups in total. The van der Waals surface area contributed by atoms with Gasteiger partial charge in [-0.3, -0.25) is 9.78 Å². The molecule has 0 aliphatic rings. The summed E-state index contributed by atoms with van der Waals surface area (Å²) in [5.74, 6) is 0.367. The lowest BCUT2D eigenvalue weighted by molar-refractivity contribution is -0.118. The molecular formula is C12H13N3O2. The van der Waals surface area contributed by atoms with Gasteiger partial charge in [-0.25, -0.2) is 0 Å². The number of carbonyl (C=O) groups excluding carboxylic acids is 1. The lowest BCUT2D eigenvalue weighted by Crippen LogP contribution is -2.04. The smallest absolute Gasteiger partial charge is 0.237 e. The maximum absolute atomic E-state index is 11.2. The van der Waals surface area contributed by atoms with Gasteiger partial charge in [-0.15, -0.1) is 0 Å². The Hall–Kier alpha value is -2.04. The highest BCUT2D eigenvalue weighted by molar-refractivity contribution is 5.81. The van der Waals surface area contributed by atoms with Gasteiger partial charge in [-0.1, -0.05) is 5.16 Å². The van der Waals surface area contributed by atoms with Crippen LogP contribution < -0.4 is 0 Å². The summed E-state index contributed by atoms with van der Waals surface area (Å²) in [6.07, 6.45) is 1.69. The second kappa shape index (κ2) is 4.45. The van der Waals surface area contributed by atoms with E-state index in [1.165, 1.54) is 6.92 Å². The zero-order chi connectivity index (χ0) is 12.4. The first-order valence-electron chi connectivity index (χ1n) is 5.35. The summed E-state index contributed by atoms with van der Waals surface area (Å²) in [4.78, 5) is 19.5. The van der Waals surface area contributed by atoms with Crippen LogP contribution in [0.25, 0.3) is 11.5 Å². The van der Waals surface area contributed by atoms with Gasteiger partial charge in [0.05, 0.1) is 5.92 Å². The number of hydrogen-bond acceptors (Lipinski definition) is 5. The fraction of sp³-hybridized carbons (Fsp3) is 0.333. The molecule has 88 valence electrons. The van der Waals surface area contributed by atoms with Gasteiger partial charge in [-0.2, -0.15) is 4.98 Å². The zero-order valence-electron chi connectivity index (χ0n) is 9.97. The summed E-state index contributed by atoms with van der Waals surface area (Å²) in [6.45, 7) is 5.20. The Morgan fingerprint density at radius 1 is 1.47 bits per heavy atom. The van der Waals surface area contributed by atoms with Gasteiger partial charge >= 0.3 is 0 Å². The molecule has 5 nitrogen and oxygen atoms in total. The van der Waals surface area contributed by atoms with Crippen LogP contribution in [0.1, 0.15) is 31.2 Å². The fourth-order valence-corrected chi connectivity index (χ4v) is 1.35. The minimum Gasteiger partial charge on any atom is -0.338 e. The summed E-state index contributed by atoms with van der Waals surface area (Å²) in [6, 6.07) is 3.76. The molecule has 0 bridgehead atoms. The normalized spacial score (nSPS) is 12.4. The average Bonchev–Trinajstić information content (AvgIpc) is 2.77. The number of aromatic nitrogens is 3. The van der Waals surface area contributed by atoms with Crippen molar-refractivity contribution < 1.29 is 9.32 Å². The lowest BCUT2D eigenvalue weighted by Gasteiger charge is -1.98. The summed E-state index contributed by atoms with van der Waals surface area (Å²) in [5.41, 5.74) is 1.72. The quantitative estimate of drug-likeness (QED) is 0.809. The van der Waals surface area contributed by atoms with Crippen molar-refractivity contribution >= 4 is 5.78 Å². The van der Waals surface area contributed by atoms with Gasteiger partial charge in [0.1, 0.15) is 11.5 Å². The Kier molecular flexibility index (Phi) is 2.99. The van der Waals surface area contributed by atoms with E-state index in [-0.39, 0.29) is 11.7 Å². The Labute approximate surface area is 98.9 Å². The molecule has 0 aliphatic carbocycles. The molecule has 2 heterocycles. The number of nitrogens with zero attached hydrogens (tertiary/aromatic N) is 3. The molecule has 17 heavy (non-hydrogen) atoms. The predicted molar refractivity (Wildman–Crippen MR) is 61.4 cm³/mol. The molecule has 1 atom stereocenters. The third kappa shape index (κ3) is 2.38. The van der Waals surface area contributed by atoms with E-state index < -0.39 is 0 Å². The molecule has 0 radical (unpaired) electrons. The maximum Gasteiger partial charge on any atom is 0.237 e. The molecule has 0 aromatic carbocycles. The lowest BCUT2D eigenvalue weighted by atomic mass is 10.1. The standard InChI is InChI=1S/C12H13N3O2/c1-7-4-5-13-10(6-7)11-14-12(17-15-11)8(2)9(3)16/h4-6,8H,1-3H3. The number of aryl methyl sites for hydroxylation is 1. The molecule has 2 rings (SSSR count). The van der Waals surface area contributed by atoms with Gasteiger partial charge in [0.15, 0.2) is 0 Å². The molecular weight excluding hydrogens is 218 g/mol. The summed E-state index contributed by atoms with van der Waals surface area (Å²) in [5, 5.41) is 3.83. The number of ketones is 1. The minimum atomic E-state index is -0.374. The fourth-order valence-electron chi connectivity index (χ4n) is 1.35. The molecule has 0 aliphatic heterocycles. The summed E-state index contributed by atoms with van der Waals surface area (Å²) >= 11 is 0.